The molecule has 1 aromatic rings. The molecule has 3 amide bonds. The van der Waals surface area contributed by atoms with Gasteiger partial charge in [0.1, 0.15) is 11.5 Å². The van der Waals surface area contributed by atoms with E-state index in [2.05, 4.69) is 5.32 Å². The van der Waals surface area contributed by atoms with E-state index in [-0.39, 0.29) is 24.0 Å². The Morgan fingerprint density at radius 3 is 2.75 bits per heavy atom. The number of methoxy groups -OCH3 is 1. The highest BCUT2D eigenvalue weighted by Gasteiger charge is 2.27. The predicted octanol–water partition coefficient (Wildman–Crippen LogP) is 2.21. The Hall–Kier alpha value is -2.44. The number of ether oxygens (including phenoxy) is 2. The van der Waals surface area contributed by atoms with Gasteiger partial charge < -0.3 is 25.4 Å². The van der Waals surface area contributed by atoms with Gasteiger partial charge in [-0.25, -0.2) is 4.79 Å². The average molecular weight is 335 g/mol. The molecule has 3 N–H and O–H groups in total. The second-order valence-electron chi connectivity index (χ2n) is 6.15. The van der Waals surface area contributed by atoms with Gasteiger partial charge >= 0.3 is 6.03 Å². The highest BCUT2D eigenvalue weighted by atomic mass is 16.5. The molecule has 2 rings (SSSR count). The number of hydrogen-bond acceptors (Lipinski definition) is 4. The summed E-state index contributed by atoms with van der Waals surface area (Å²) in [5, 5.41) is 2.85. The minimum absolute atomic E-state index is 0.0247. The summed E-state index contributed by atoms with van der Waals surface area (Å²) in [5.41, 5.74) is 5.90. The minimum Gasteiger partial charge on any atom is -0.497 e. The van der Waals surface area contributed by atoms with Gasteiger partial charge in [0.15, 0.2) is 0 Å². The number of hydrogen-bond donors (Lipinski definition) is 2. The number of benzene rings is 1. The van der Waals surface area contributed by atoms with Crippen molar-refractivity contribution in [3.8, 4) is 11.5 Å². The molecule has 1 aliphatic heterocycles. The molecule has 1 heterocycles. The van der Waals surface area contributed by atoms with E-state index in [1.54, 1.807) is 30.2 Å². The van der Waals surface area contributed by atoms with E-state index in [0.717, 1.165) is 12.8 Å². The van der Waals surface area contributed by atoms with Gasteiger partial charge in [0.25, 0.3) is 0 Å². The van der Waals surface area contributed by atoms with Gasteiger partial charge in [-0.15, -0.1) is 0 Å². The van der Waals surface area contributed by atoms with Crippen LogP contribution in [0.5, 0.6) is 11.5 Å². The van der Waals surface area contributed by atoms with Crippen molar-refractivity contribution < 1.29 is 19.1 Å². The summed E-state index contributed by atoms with van der Waals surface area (Å²) in [7, 11) is 1.56. The lowest BCUT2D eigenvalue weighted by Crippen LogP contribution is -2.45. The predicted molar refractivity (Wildman–Crippen MR) is 91.3 cm³/mol. The molecule has 132 valence electrons. The third kappa shape index (κ3) is 4.53. The lowest BCUT2D eigenvalue weighted by atomic mass is 9.98. The van der Waals surface area contributed by atoms with E-state index in [0.29, 0.717) is 30.3 Å². The minimum atomic E-state index is -0.363. The Bertz CT molecular complexity index is 603. The Morgan fingerprint density at radius 2 is 2.12 bits per heavy atom. The second kappa shape index (κ2) is 7.90. The largest absolute Gasteiger partial charge is 0.497 e. The number of carbonyl (C=O) groups is 2. The molecule has 1 fully saturated rings. The van der Waals surface area contributed by atoms with Gasteiger partial charge in [-0.05, 0) is 38.8 Å². The fourth-order valence-corrected chi connectivity index (χ4v) is 2.68. The van der Waals surface area contributed by atoms with Gasteiger partial charge in [-0.3, -0.25) is 4.79 Å². The molecular formula is C17H25N3O4. The average Bonchev–Trinajstić information content (AvgIpc) is 2.56. The van der Waals surface area contributed by atoms with Crippen molar-refractivity contribution in [3.63, 3.8) is 0 Å². The van der Waals surface area contributed by atoms with Crippen LogP contribution >= 0.6 is 0 Å². The van der Waals surface area contributed by atoms with Crippen LogP contribution in [0.15, 0.2) is 18.2 Å². The summed E-state index contributed by atoms with van der Waals surface area (Å²) >= 11 is 0. The van der Waals surface area contributed by atoms with Crippen LogP contribution in [0.3, 0.4) is 0 Å². The van der Waals surface area contributed by atoms with Crippen molar-refractivity contribution >= 4 is 17.6 Å². The number of nitrogens with two attached hydrogens (primary N) is 1. The number of urea groups is 1. The Labute approximate surface area is 142 Å². The van der Waals surface area contributed by atoms with E-state index in [1.807, 2.05) is 13.8 Å². The van der Waals surface area contributed by atoms with Crippen LogP contribution in [0, 0.1) is 5.92 Å². The van der Waals surface area contributed by atoms with Gasteiger partial charge in [0, 0.05) is 19.2 Å². The summed E-state index contributed by atoms with van der Waals surface area (Å²) in [4.78, 5) is 25.5. The molecule has 0 aliphatic carbocycles. The van der Waals surface area contributed by atoms with Crippen LogP contribution in [0.1, 0.15) is 26.7 Å². The highest BCUT2D eigenvalue weighted by molar-refractivity contribution is 5.92. The van der Waals surface area contributed by atoms with Crippen LogP contribution in [-0.4, -0.2) is 43.1 Å². The molecule has 0 unspecified atom stereocenters. The highest BCUT2D eigenvalue weighted by Crippen LogP contribution is 2.30. The number of anilines is 1. The molecule has 1 atom stereocenters. The van der Waals surface area contributed by atoms with Crippen molar-refractivity contribution in [1.29, 1.82) is 0 Å². The maximum atomic E-state index is 12.5. The molecular weight excluding hydrogens is 310 g/mol. The molecule has 1 saturated heterocycles. The normalized spacial score (nSPS) is 17.5. The van der Waals surface area contributed by atoms with Crippen LogP contribution in [0.25, 0.3) is 0 Å². The summed E-state index contributed by atoms with van der Waals surface area (Å²) in [6.45, 7) is 4.77. The lowest BCUT2D eigenvalue weighted by molar-refractivity contribution is -0.123. The monoisotopic (exact) mass is 335 g/mol. The fourth-order valence-electron chi connectivity index (χ4n) is 2.68. The molecule has 0 bridgehead atoms. The van der Waals surface area contributed by atoms with E-state index in [4.69, 9.17) is 15.2 Å². The fraction of sp³-hybridized carbons (Fsp3) is 0.529. The first kappa shape index (κ1) is 17.9. The third-order valence-corrected chi connectivity index (χ3v) is 3.90. The smallest absolute Gasteiger partial charge is 0.321 e. The van der Waals surface area contributed by atoms with E-state index in [1.165, 1.54) is 0 Å². The number of nitrogens with zero attached hydrogens (tertiary/aromatic N) is 1. The van der Waals surface area contributed by atoms with Crippen molar-refractivity contribution in [2.24, 2.45) is 11.7 Å². The SMILES string of the molecule is COc1ccc(OC(C)C)c(NC(=O)N2CCC[C@H](C(N)=O)C2)c1. The summed E-state index contributed by atoms with van der Waals surface area (Å²) in [5.74, 6) is 0.538. The van der Waals surface area contributed by atoms with Crippen molar-refractivity contribution in [3.05, 3.63) is 18.2 Å². The lowest BCUT2D eigenvalue weighted by Gasteiger charge is -2.31. The first-order valence-electron chi connectivity index (χ1n) is 8.10. The number of primary amides is 1. The van der Waals surface area contributed by atoms with E-state index in [9.17, 15) is 9.59 Å². The Balaban J connectivity index is 2.13. The van der Waals surface area contributed by atoms with Crippen molar-refractivity contribution in [2.75, 3.05) is 25.5 Å². The first-order chi connectivity index (χ1) is 11.4. The van der Waals surface area contributed by atoms with Gasteiger partial charge in [0.2, 0.25) is 5.91 Å². The van der Waals surface area contributed by atoms with Crippen molar-refractivity contribution in [2.45, 2.75) is 32.8 Å². The quantitative estimate of drug-likeness (QED) is 0.862. The molecule has 24 heavy (non-hydrogen) atoms. The molecule has 0 saturated carbocycles. The Kier molecular flexibility index (Phi) is 5.89. The zero-order chi connectivity index (χ0) is 17.7. The molecule has 0 radical (unpaired) electrons. The number of rotatable bonds is 5. The summed E-state index contributed by atoms with van der Waals surface area (Å²) < 4.78 is 10.9. The van der Waals surface area contributed by atoms with Crippen LogP contribution in [0.2, 0.25) is 0 Å². The van der Waals surface area contributed by atoms with Crippen molar-refractivity contribution in [1.82, 2.24) is 4.90 Å². The van der Waals surface area contributed by atoms with Crippen LogP contribution < -0.4 is 20.5 Å². The van der Waals surface area contributed by atoms with E-state index < -0.39 is 0 Å². The molecule has 7 nitrogen and oxygen atoms in total. The van der Waals surface area contributed by atoms with Gasteiger partial charge in [-0.2, -0.15) is 0 Å². The number of amides is 3. The molecule has 7 heteroatoms. The number of nitrogens with one attached hydrogen (secondary N) is 1. The van der Waals surface area contributed by atoms with Gasteiger partial charge in [-0.1, -0.05) is 0 Å². The molecule has 0 aromatic heterocycles. The van der Waals surface area contributed by atoms with E-state index >= 15 is 0 Å². The number of piperidine rings is 1. The topological polar surface area (TPSA) is 93.9 Å². The standard InChI is InChI=1S/C17H25N3O4/c1-11(2)24-15-7-6-13(23-3)9-14(15)19-17(22)20-8-4-5-12(10-20)16(18)21/h6-7,9,11-12H,4-5,8,10H2,1-3H3,(H2,18,21)(H,19,22)/t12-/m0/s1. The summed E-state index contributed by atoms with van der Waals surface area (Å²) in [6, 6.07) is 4.97. The second-order valence-corrected chi connectivity index (χ2v) is 6.15. The molecule has 1 aliphatic rings. The molecule has 0 spiro atoms. The maximum Gasteiger partial charge on any atom is 0.321 e. The number of carbonyl (C=O) groups excluding carboxylic acids is 2. The summed E-state index contributed by atoms with van der Waals surface area (Å²) in [6.07, 6.45) is 1.46. The molecule has 1 aromatic carbocycles. The zero-order valence-corrected chi connectivity index (χ0v) is 14.4. The van der Waals surface area contributed by atoms with Crippen LogP contribution in [0.4, 0.5) is 10.5 Å². The number of likely N-dealkylation sites (tertiary alicyclic amines) is 1. The van der Waals surface area contributed by atoms with Gasteiger partial charge in [0.05, 0.1) is 24.8 Å². The first-order valence-corrected chi connectivity index (χ1v) is 8.10. The third-order valence-electron chi connectivity index (χ3n) is 3.90. The zero-order valence-electron chi connectivity index (χ0n) is 14.4. The maximum absolute atomic E-state index is 12.5. The Morgan fingerprint density at radius 1 is 1.38 bits per heavy atom. The van der Waals surface area contributed by atoms with Crippen LogP contribution in [-0.2, 0) is 4.79 Å².